The first kappa shape index (κ1) is 12.2. The number of aromatic amines is 1. The number of halogens is 1. The fourth-order valence-corrected chi connectivity index (χ4v) is 2.70. The van der Waals surface area contributed by atoms with Gasteiger partial charge in [0.25, 0.3) is 0 Å². The van der Waals surface area contributed by atoms with Gasteiger partial charge in [0.15, 0.2) is 0 Å². The SMILES string of the molecule is COc1ccc(Cc2cc(Br)cc3[nH]ncc23)cc1. The van der Waals surface area contributed by atoms with Crippen molar-refractivity contribution >= 4 is 26.8 Å². The number of fused-ring (bicyclic) bond motifs is 1. The Balaban J connectivity index is 1.97. The van der Waals surface area contributed by atoms with Crippen LogP contribution in [0.3, 0.4) is 0 Å². The highest BCUT2D eigenvalue weighted by atomic mass is 79.9. The Morgan fingerprint density at radius 3 is 2.74 bits per heavy atom. The van der Waals surface area contributed by atoms with E-state index in [0.29, 0.717) is 0 Å². The number of methoxy groups -OCH3 is 1. The summed E-state index contributed by atoms with van der Waals surface area (Å²) in [4.78, 5) is 0. The highest BCUT2D eigenvalue weighted by Crippen LogP contribution is 2.25. The lowest BCUT2D eigenvalue weighted by Crippen LogP contribution is -1.90. The first-order chi connectivity index (χ1) is 9.26. The first-order valence-electron chi connectivity index (χ1n) is 6.01. The zero-order valence-electron chi connectivity index (χ0n) is 10.5. The van der Waals surface area contributed by atoms with Crippen LogP contribution in [0.5, 0.6) is 5.75 Å². The second-order valence-corrected chi connectivity index (χ2v) is 5.34. The van der Waals surface area contributed by atoms with Crippen molar-refractivity contribution in [3.05, 3.63) is 58.2 Å². The quantitative estimate of drug-likeness (QED) is 0.795. The van der Waals surface area contributed by atoms with E-state index in [-0.39, 0.29) is 0 Å². The van der Waals surface area contributed by atoms with Gasteiger partial charge in [-0.25, -0.2) is 0 Å². The Morgan fingerprint density at radius 2 is 2.00 bits per heavy atom. The predicted molar refractivity (Wildman–Crippen MR) is 79.6 cm³/mol. The van der Waals surface area contributed by atoms with Gasteiger partial charge in [-0.1, -0.05) is 28.1 Å². The van der Waals surface area contributed by atoms with E-state index in [1.54, 1.807) is 7.11 Å². The number of H-pyrrole nitrogens is 1. The summed E-state index contributed by atoms with van der Waals surface area (Å²) in [5, 5.41) is 8.28. The van der Waals surface area contributed by atoms with E-state index in [9.17, 15) is 0 Å². The Bertz CT molecular complexity index is 704. The average molecular weight is 317 g/mol. The summed E-state index contributed by atoms with van der Waals surface area (Å²) in [6.45, 7) is 0. The predicted octanol–water partition coefficient (Wildman–Crippen LogP) is 3.92. The molecule has 0 radical (unpaired) electrons. The highest BCUT2D eigenvalue weighted by molar-refractivity contribution is 9.10. The van der Waals surface area contributed by atoms with E-state index in [1.165, 1.54) is 16.5 Å². The normalized spacial score (nSPS) is 10.8. The number of nitrogens with zero attached hydrogens (tertiary/aromatic N) is 1. The largest absolute Gasteiger partial charge is 0.497 e. The maximum absolute atomic E-state index is 5.17. The van der Waals surface area contributed by atoms with Crippen LogP contribution in [0.15, 0.2) is 47.1 Å². The van der Waals surface area contributed by atoms with Crippen molar-refractivity contribution in [3.8, 4) is 5.75 Å². The number of rotatable bonds is 3. The third-order valence-corrected chi connectivity index (χ3v) is 3.62. The van der Waals surface area contributed by atoms with Crippen molar-refractivity contribution in [2.75, 3.05) is 7.11 Å². The Hall–Kier alpha value is -1.81. The van der Waals surface area contributed by atoms with Gasteiger partial charge in [0, 0.05) is 9.86 Å². The molecule has 0 aliphatic carbocycles. The molecule has 4 heteroatoms. The molecule has 0 bridgehead atoms. The van der Waals surface area contributed by atoms with Crippen LogP contribution in [0.2, 0.25) is 0 Å². The van der Waals surface area contributed by atoms with Gasteiger partial charge in [-0.2, -0.15) is 5.10 Å². The van der Waals surface area contributed by atoms with Crippen LogP contribution >= 0.6 is 15.9 Å². The molecular formula is C15H13BrN2O. The molecule has 1 aromatic heterocycles. The highest BCUT2D eigenvalue weighted by Gasteiger charge is 2.06. The van der Waals surface area contributed by atoms with Crippen molar-refractivity contribution in [3.63, 3.8) is 0 Å². The van der Waals surface area contributed by atoms with Crippen LogP contribution in [0, 0.1) is 0 Å². The summed E-state index contributed by atoms with van der Waals surface area (Å²) < 4.78 is 6.24. The maximum atomic E-state index is 5.17. The van der Waals surface area contributed by atoms with E-state index in [2.05, 4.69) is 44.3 Å². The van der Waals surface area contributed by atoms with Gasteiger partial charge in [-0.05, 0) is 41.8 Å². The molecule has 0 saturated carbocycles. The second-order valence-electron chi connectivity index (χ2n) is 4.42. The number of hydrogen-bond donors (Lipinski definition) is 1. The number of benzene rings is 2. The van der Waals surface area contributed by atoms with Gasteiger partial charge in [0.05, 0.1) is 18.8 Å². The summed E-state index contributed by atoms with van der Waals surface area (Å²) in [7, 11) is 1.68. The topological polar surface area (TPSA) is 37.9 Å². The van der Waals surface area contributed by atoms with E-state index < -0.39 is 0 Å². The van der Waals surface area contributed by atoms with E-state index in [4.69, 9.17) is 4.74 Å². The molecule has 1 heterocycles. The lowest BCUT2D eigenvalue weighted by Gasteiger charge is -2.06. The summed E-state index contributed by atoms with van der Waals surface area (Å²) in [5.74, 6) is 0.881. The average Bonchev–Trinajstić information content (AvgIpc) is 2.88. The Kier molecular flexibility index (Phi) is 3.25. The molecule has 0 aliphatic heterocycles. The molecule has 3 nitrogen and oxygen atoms in total. The molecule has 96 valence electrons. The van der Waals surface area contributed by atoms with Crippen LogP contribution < -0.4 is 4.74 Å². The summed E-state index contributed by atoms with van der Waals surface area (Å²) >= 11 is 3.54. The van der Waals surface area contributed by atoms with Crippen molar-refractivity contribution < 1.29 is 4.74 Å². The smallest absolute Gasteiger partial charge is 0.118 e. The molecule has 2 aromatic carbocycles. The van der Waals surface area contributed by atoms with Crippen LogP contribution in [0.1, 0.15) is 11.1 Å². The molecule has 0 spiro atoms. The van der Waals surface area contributed by atoms with Crippen LogP contribution in [0.25, 0.3) is 10.9 Å². The molecule has 0 amide bonds. The van der Waals surface area contributed by atoms with E-state index in [1.807, 2.05) is 24.4 Å². The van der Waals surface area contributed by atoms with Gasteiger partial charge >= 0.3 is 0 Å². The lowest BCUT2D eigenvalue weighted by atomic mass is 10.0. The third-order valence-electron chi connectivity index (χ3n) is 3.16. The maximum Gasteiger partial charge on any atom is 0.118 e. The molecule has 1 N–H and O–H groups in total. The fraction of sp³-hybridized carbons (Fsp3) is 0.133. The summed E-state index contributed by atoms with van der Waals surface area (Å²) in [6.07, 6.45) is 2.75. The van der Waals surface area contributed by atoms with Crippen molar-refractivity contribution in [2.45, 2.75) is 6.42 Å². The third kappa shape index (κ3) is 2.49. The minimum Gasteiger partial charge on any atom is -0.497 e. The lowest BCUT2D eigenvalue weighted by molar-refractivity contribution is 0.414. The fourth-order valence-electron chi connectivity index (χ4n) is 2.20. The standard InChI is InChI=1S/C15H13BrN2O/c1-19-13-4-2-10(3-5-13)6-11-7-12(16)8-15-14(11)9-17-18-15/h2-5,7-9H,6H2,1H3,(H,17,18). The number of nitrogens with one attached hydrogen (secondary N) is 1. The van der Waals surface area contributed by atoms with E-state index >= 15 is 0 Å². The molecule has 0 aliphatic rings. The molecule has 3 aromatic rings. The van der Waals surface area contributed by atoms with Gasteiger partial charge < -0.3 is 4.74 Å². The monoisotopic (exact) mass is 316 g/mol. The van der Waals surface area contributed by atoms with Gasteiger partial charge in [0.2, 0.25) is 0 Å². The zero-order valence-corrected chi connectivity index (χ0v) is 12.1. The molecule has 0 saturated heterocycles. The Labute approximate surface area is 119 Å². The van der Waals surface area contributed by atoms with Crippen LogP contribution in [0.4, 0.5) is 0 Å². The van der Waals surface area contributed by atoms with Crippen LogP contribution in [-0.2, 0) is 6.42 Å². The summed E-state index contributed by atoms with van der Waals surface area (Å²) in [6, 6.07) is 12.3. The molecule has 0 unspecified atom stereocenters. The molecule has 19 heavy (non-hydrogen) atoms. The van der Waals surface area contributed by atoms with Crippen molar-refractivity contribution in [1.82, 2.24) is 10.2 Å². The number of ether oxygens (including phenoxy) is 1. The van der Waals surface area contributed by atoms with Gasteiger partial charge in [0.1, 0.15) is 5.75 Å². The number of hydrogen-bond acceptors (Lipinski definition) is 2. The summed E-state index contributed by atoms with van der Waals surface area (Å²) in [5.41, 5.74) is 3.56. The molecular weight excluding hydrogens is 304 g/mol. The minimum atomic E-state index is 0.874. The first-order valence-corrected chi connectivity index (χ1v) is 6.80. The number of aromatic nitrogens is 2. The Morgan fingerprint density at radius 1 is 1.21 bits per heavy atom. The minimum absolute atomic E-state index is 0.874. The van der Waals surface area contributed by atoms with Crippen LogP contribution in [-0.4, -0.2) is 17.3 Å². The zero-order chi connectivity index (χ0) is 13.2. The molecule has 0 fully saturated rings. The van der Waals surface area contributed by atoms with Gasteiger partial charge in [-0.3, -0.25) is 5.10 Å². The van der Waals surface area contributed by atoms with Gasteiger partial charge in [-0.15, -0.1) is 0 Å². The second kappa shape index (κ2) is 5.05. The molecule has 3 rings (SSSR count). The van der Waals surface area contributed by atoms with E-state index in [0.717, 1.165) is 22.2 Å². The molecule has 0 atom stereocenters. The van der Waals surface area contributed by atoms with Crippen molar-refractivity contribution in [2.24, 2.45) is 0 Å². The van der Waals surface area contributed by atoms with Crippen molar-refractivity contribution in [1.29, 1.82) is 0 Å².